The van der Waals surface area contributed by atoms with Crippen molar-refractivity contribution in [2.45, 2.75) is 12.2 Å². The van der Waals surface area contributed by atoms with Crippen LogP contribution in [-0.2, 0) is 19.2 Å². The Bertz CT molecular complexity index is 1390. The molecule has 0 saturated heterocycles. The fraction of sp³-hybridized carbons (Fsp3) is 0.0769. The van der Waals surface area contributed by atoms with Gasteiger partial charge in [0.05, 0.1) is 0 Å². The average molecular weight is 520 g/mol. The van der Waals surface area contributed by atoms with Crippen LogP contribution in [0.25, 0.3) is 0 Å². The lowest BCUT2D eigenvalue weighted by Crippen LogP contribution is -2.22. The number of benzene rings is 3. The van der Waals surface area contributed by atoms with Crippen LogP contribution in [0.2, 0.25) is 0 Å². The van der Waals surface area contributed by atoms with Crippen molar-refractivity contribution >= 4 is 34.1 Å². The second kappa shape index (κ2) is 11.2. The van der Waals surface area contributed by atoms with E-state index < -0.39 is 41.4 Å². The van der Waals surface area contributed by atoms with E-state index in [1.807, 2.05) is 12.1 Å². The predicted octanol–water partition coefficient (Wildman–Crippen LogP) is 4.02. The molecule has 5 N–H and O–H groups in total. The minimum Gasteiger partial charge on any atom is -0.504 e. The number of nitrogen functional groups attached to an aromatic ring is 1. The monoisotopic (exact) mass is 519 g/mol. The van der Waals surface area contributed by atoms with Gasteiger partial charge < -0.3 is 30.6 Å². The molecule has 0 radical (unpaired) electrons. The summed E-state index contributed by atoms with van der Waals surface area (Å²) < 4.78 is 5.85. The summed E-state index contributed by atoms with van der Waals surface area (Å²) >= 11 is 1.01. The maximum atomic E-state index is 13.5. The van der Waals surface area contributed by atoms with Gasteiger partial charge in [0, 0.05) is 10.9 Å². The number of carboxylic acid groups (broad SMARTS) is 1. The van der Waals surface area contributed by atoms with E-state index in [0.29, 0.717) is 11.1 Å². The largest absolute Gasteiger partial charge is 0.504 e. The van der Waals surface area contributed by atoms with Crippen LogP contribution < -0.4 is 5.73 Å². The van der Waals surface area contributed by atoms with Crippen molar-refractivity contribution in [2.24, 2.45) is 5.16 Å². The van der Waals surface area contributed by atoms with Crippen LogP contribution in [0.15, 0.2) is 89.4 Å². The molecule has 10 nitrogen and oxygen atoms in total. The average Bonchev–Trinajstić information content (AvgIpc) is 3.33. The first-order valence-corrected chi connectivity index (χ1v) is 11.7. The van der Waals surface area contributed by atoms with E-state index in [1.165, 1.54) is 11.4 Å². The number of thiazole rings is 1. The summed E-state index contributed by atoms with van der Waals surface area (Å²) in [4.78, 5) is 34.6. The van der Waals surface area contributed by atoms with Gasteiger partial charge in [-0.05, 0) is 23.3 Å². The van der Waals surface area contributed by atoms with Crippen molar-refractivity contribution in [1.82, 2.24) is 4.98 Å². The fourth-order valence-electron chi connectivity index (χ4n) is 3.40. The van der Waals surface area contributed by atoms with E-state index in [1.54, 1.807) is 48.5 Å². The van der Waals surface area contributed by atoms with Gasteiger partial charge in [-0.3, -0.25) is 0 Å². The molecule has 37 heavy (non-hydrogen) atoms. The smallest absolute Gasteiger partial charge is 0.360 e. The second-order valence-electron chi connectivity index (χ2n) is 7.69. The highest BCUT2D eigenvalue weighted by Crippen LogP contribution is 2.33. The second-order valence-corrected chi connectivity index (χ2v) is 8.58. The molecule has 11 heteroatoms. The molecule has 188 valence electrons. The number of hydrogen-bond donors (Lipinski definition) is 4. The Kier molecular flexibility index (Phi) is 7.65. The first kappa shape index (κ1) is 25.2. The highest BCUT2D eigenvalue weighted by molar-refractivity contribution is 7.13. The number of aromatic hydroxyl groups is 2. The maximum absolute atomic E-state index is 13.5. The Hall–Kier alpha value is -4.90. The number of aromatic nitrogens is 1. The summed E-state index contributed by atoms with van der Waals surface area (Å²) in [6, 6.07) is 21.6. The highest BCUT2D eigenvalue weighted by atomic mass is 32.1. The molecule has 1 heterocycles. The zero-order valence-electron chi connectivity index (χ0n) is 19.1. The van der Waals surface area contributed by atoms with E-state index in [2.05, 4.69) is 10.1 Å². The first-order chi connectivity index (χ1) is 17.8. The summed E-state index contributed by atoms with van der Waals surface area (Å²) in [5.74, 6) is -3.32. The van der Waals surface area contributed by atoms with Crippen LogP contribution in [0.1, 0.15) is 34.6 Å². The van der Waals surface area contributed by atoms with Gasteiger partial charge in [0.15, 0.2) is 22.7 Å². The highest BCUT2D eigenvalue weighted by Gasteiger charge is 2.30. The molecule has 1 unspecified atom stereocenters. The van der Waals surface area contributed by atoms with Gasteiger partial charge in [-0.2, -0.15) is 0 Å². The minimum atomic E-state index is -1.60. The van der Waals surface area contributed by atoms with E-state index in [4.69, 9.17) is 15.3 Å². The number of nitrogens with two attached hydrogens (primary N) is 1. The lowest BCUT2D eigenvalue weighted by molar-refractivity contribution is -0.162. The molecule has 0 bridgehead atoms. The van der Waals surface area contributed by atoms with E-state index in [9.17, 15) is 24.9 Å². The van der Waals surface area contributed by atoms with Crippen molar-refractivity contribution in [3.8, 4) is 11.5 Å². The minimum absolute atomic E-state index is 0.0536. The van der Waals surface area contributed by atoms with Crippen LogP contribution in [0.3, 0.4) is 0 Å². The number of nitrogens with zero attached hydrogens (tertiary/aromatic N) is 2. The predicted molar refractivity (Wildman–Crippen MR) is 135 cm³/mol. The summed E-state index contributed by atoms with van der Waals surface area (Å²) in [6.07, 6.45) is -2.43. The topological polar surface area (TPSA) is 165 Å². The lowest BCUT2D eigenvalue weighted by Gasteiger charge is -2.22. The molecule has 0 spiro atoms. The number of phenolic OH excluding ortho intramolecular Hbond substituents is 2. The summed E-state index contributed by atoms with van der Waals surface area (Å²) in [5.41, 5.74) is 6.39. The van der Waals surface area contributed by atoms with Gasteiger partial charge >= 0.3 is 11.9 Å². The standard InChI is InChI=1S/C26H21N3O7S/c27-26-28-18(14-37-26)21(24(32)33)29-36-23(17-11-12-19(30)20(31)13-17)25(34)35-22(15-7-3-1-4-8-15)16-9-5-2-6-10-16/h1-14,22-23,30-31H,(H2,27,28)(H,32,33)/b29-21-. The third-order valence-electron chi connectivity index (χ3n) is 5.17. The van der Waals surface area contributed by atoms with Gasteiger partial charge in [0.25, 0.3) is 0 Å². The SMILES string of the molecule is Nc1nc(/C(=N/OC(C(=O)OC(c2ccccc2)c2ccccc2)c2ccc(O)c(O)c2)C(=O)O)cs1. The van der Waals surface area contributed by atoms with Gasteiger partial charge in [0.2, 0.25) is 11.8 Å². The van der Waals surface area contributed by atoms with Crippen LogP contribution >= 0.6 is 11.3 Å². The number of ether oxygens (including phenoxy) is 1. The zero-order chi connectivity index (χ0) is 26.4. The number of esters is 1. The van der Waals surface area contributed by atoms with Crippen molar-refractivity contribution in [3.05, 3.63) is 107 Å². The van der Waals surface area contributed by atoms with Gasteiger partial charge in [-0.25, -0.2) is 14.6 Å². The summed E-state index contributed by atoms with van der Waals surface area (Å²) in [5, 5.41) is 34.5. The molecule has 0 aliphatic rings. The summed E-state index contributed by atoms with van der Waals surface area (Å²) in [7, 11) is 0. The fourth-order valence-corrected chi connectivity index (χ4v) is 3.95. The third-order valence-corrected chi connectivity index (χ3v) is 5.85. The molecular weight excluding hydrogens is 498 g/mol. The number of phenols is 2. The van der Waals surface area contributed by atoms with Crippen LogP contribution in [0.5, 0.6) is 11.5 Å². The van der Waals surface area contributed by atoms with Crippen molar-refractivity contribution < 1.29 is 34.5 Å². The zero-order valence-corrected chi connectivity index (χ0v) is 19.9. The number of carboxylic acids is 1. The van der Waals surface area contributed by atoms with E-state index >= 15 is 0 Å². The Morgan fingerprint density at radius 2 is 1.51 bits per heavy atom. The molecular formula is C26H21N3O7S. The Morgan fingerprint density at radius 1 is 0.892 bits per heavy atom. The van der Waals surface area contributed by atoms with Gasteiger partial charge in [0.1, 0.15) is 5.69 Å². The number of aliphatic carboxylic acids is 1. The van der Waals surface area contributed by atoms with E-state index in [-0.39, 0.29) is 16.4 Å². The molecule has 4 aromatic rings. The van der Waals surface area contributed by atoms with Gasteiger partial charge in [-0.15, -0.1) is 11.3 Å². The molecule has 0 amide bonds. The molecule has 0 fully saturated rings. The molecule has 1 aromatic heterocycles. The van der Waals surface area contributed by atoms with Crippen LogP contribution in [-0.4, -0.2) is 38.0 Å². The quantitative estimate of drug-likeness (QED) is 0.111. The van der Waals surface area contributed by atoms with E-state index in [0.717, 1.165) is 23.5 Å². The molecule has 0 aliphatic heterocycles. The number of carbonyl (C=O) groups is 2. The number of hydrogen-bond acceptors (Lipinski definition) is 10. The molecule has 0 aliphatic carbocycles. The Labute approximate surface area is 214 Å². The van der Waals surface area contributed by atoms with Crippen LogP contribution in [0.4, 0.5) is 5.13 Å². The lowest BCUT2D eigenvalue weighted by atomic mass is 10.0. The molecule has 0 saturated carbocycles. The number of rotatable bonds is 9. The number of carbonyl (C=O) groups excluding carboxylic acids is 1. The molecule has 4 rings (SSSR count). The maximum Gasteiger partial charge on any atom is 0.360 e. The van der Waals surface area contributed by atoms with Crippen molar-refractivity contribution in [3.63, 3.8) is 0 Å². The van der Waals surface area contributed by atoms with Crippen molar-refractivity contribution in [1.29, 1.82) is 0 Å². The molecule has 1 atom stereocenters. The first-order valence-electron chi connectivity index (χ1n) is 10.8. The van der Waals surface area contributed by atoms with Gasteiger partial charge in [-0.1, -0.05) is 71.9 Å². The Morgan fingerprint density at radius 3 is 2.03 bits per heavy atom. The third kappa shape index (κ3) is 6.03. The van der Waals surface area contributed by atoms with Crippen molar-refractivity contribution in [2.75, 3.05) is 5.73 Å². The summed E-state index contributed by atoms with van der Waals surface area (Å²) in [6.45, 7) is 0. The normalized spacial score (nSPS) is 12.2. The van der Waals surface area contributed by atoms with Crippen LogP contribution in [0, 0.1) is 0 Å². The number of oxime groups is 1. The molecule has 3 aromatic carbocycles. The Balaban J connectivity index is 1.71. The number of anilines is 1.